The number of hydrogen-bond donors (Lipinski definition) is 1. The average Bonchev–Trinajstić information content (AvgIpc) is 2.67. The van der Waals surface area contributed by atoms with Crippen molar-refractivity contribution in [2.24, 2.45) is 5.92 Å². The summed E-state index contributed by atoms with van der Waals surface area (Å²) in [4.78, 5) is 14.6. The summed E-state index contributed by atoms with van der Waals surface area (Å²) in [5, 5.41) is 0. The van der Waals surface area contributed by atoms with Gasteiger partial charge in [0.25, 0.3) is 0 Å². The van der Waals surface area contributed by atoms with Crippen LogP contribution in [0.5, 0.6) is 5.75 Å². The van der Waals surface area contributed by atoms with Crippen molar-refractivity contribution >= 4 is 15.9 Å². The fourth-order valence-corrected chi connectivity index (χ4v) is 4.65. The van der Waals surface area contributed by atoms with Crippen molar-refractivity contribution in [3.63, 3.8) is 0 Å². The second-order valence-electron chi connectivity index (χ2n) is 7.92. The number of methoxy groups -OCH3 is 1. The Balaban J connectivity index is 1.50. The molecule has 2 fully saturated rings. The van der Waals surface area contributed by atoms with E-state index in [1.165, 1.54) is 6.26 Å². The standard InChI is InChI=1S/C20H30N2O5S/c1-26-18-5-3-16(4-6-18)13-19(23)22-10-8-20(9-11-22)14-17(7-12-27-20)15-21-28(2,24)25/h3-6,17,21H,7-15H2,1-2H3. The van der Waals surface area contributed by atoms with Crippen molar-refractivity contribution in [2.45, 2.75) is 37.7 Å². The maximum atomic E-state index is 12.6. The van der Waals surface area contributed by atoms with Gasteiger partial charge in [-0.15, -0.1) is 0 Å². The molecule has 0 radical (unpaired) electrons. The number of amides is 1. The molecule has 1 atom stereocenters. The SMILES string of the molecule is COc1ccc(CC(=O)N2CCC3(CC2)CC(CNS(C)(=O)=O)CCO3)cc1. The molecule has 0 bridgehead atoms. The van der Waals surface area contributed by atoms with Gasteiger partial charge in [0, 0.05) is 26.2 Å². The van der Waals surface area contributed by atoms with Gasteiger partial charge in [-0.25, -0.2) is 13.1 Å². The van der Waals surface area contributed by atoms with Gasteiger partial charge in [0.1, 0.15) is 5.75 Å². The van der Waals surface area contributed by atoms with Gasteiger partial charge in [0.15, 0.2) is 0 Å². The first-order chi connectivity index (χ1) is 13.3. The number of ether oxygens (including phenoxy) is 2. The molecular weight excluding hydrogens is 380 g/mol. The van der Waals surface area contributed by atoms with Gasteiger partial charge in [-0.05, 0) is 49.3 Å². The first-order valence-electron chi connectivity index (χ1n) is 9.78. The molecule has 3 rings (SSSR count). The fourth-order valence-electron chi connectivity index (χ4n) is 4.11. The van der Waals surface area contributed by atoms with Gasteiger partial charge in [-0.3, -0.25) is 4.79 Å². The van der Waals surface area contributed by atoms with Crippen LogP contribution in [0.15, 0.2) is 24.3 Å². The van der Waals surface area contributed by atoms with E-state index < -0.39 is 10.0 Å². The molecule has 1 aromatic carbocycles. The molecule has 156 valence electrons. The molecule has 2 aliphatic rings. The molecule has 1 unspecified atom stereocenters. The van der Waals surface area contributed by atoms with E-state index >= 15 is 0 Å². The summed E-state index contributed by atoms with van der Waals surface area (Å²) in [5.74, 6) is 1.20. The second kappa shape index (κ2) is 8.80. The second-order valence-corrected chi connectivity index (χ2v) is 9.75. The Kier molecular flexibility index (Phi) is 6.62. The minimum atomic E-state index is -3.17. The molecule has 1 aromatic rings. The summed E-state index contributed by atoms with van der Waals surface area (Å²) in [6.45, 7) is 2.47. The molecule has 28 heavy (non-hydrogen) atoms. The highest BCUT2D eigenvalue weighted by molar-refractivity contribution is 7.88. The van der Waals surface area contributed by atoms with E-state index in [0.29, 0.717) is 32.7 Å². The van der Waals surface area contributed by atoms with Crippen LogP contribution < -0.4 is 9.46 Å². The van der Waals surface area contributed by atoms with Crippen molar-refractivity contribution in [1.82, 2.24) is 9.62 Å². The van der Waals surface area contributed by atoms with Crippen LogP contribution in [-0.4, -0.2) is 64.4 Å². The van der Waals surface area contributed by atoms with Crippen LogP contribution in [0.2, 0.25) is 0 Å². The molecule has 7 nitrogen and oxygen atoms in total. The number of rotatable bonds is 6. The lowest BCUT2D eigenvalue weighted by Crippen LogP contribution is -2.52. The Labute approximate surface area is 167 Å². The summed E-state index contributed by atoms with van der Waals surface area (Å²) in [6, 6.07) is 7.58. The zero-order chi connectivity index (χ0) is 20.2. The molecule has 8 heteroatoms. The average molecular weight is 411 g/mol. The highest BCUT2D eigenvalue weighted by Crippen LogP contribution is 2.37. The number of nitrogens with zero attached hydrogens (tertiary/aromatic N) is 1. The predicted molar refractivity (Wildman–Crippen MR) is 107 cm³/mol. The molecule has 2 aliphatic heterocycles. The van der Waals surface area contributed by atoms with E-state index in [2.05, 4.69) is 4.72 Å². The van der Waals surface area contributed by atoms with E-state index in [0.717, 1.165) is 37.0 Å². The number of likely N-dealkylation sites (tertiary alicyclic amines) is 1. The Morgan fingerprint density at radius 2 is 1.96 bits per heavy atom. The minimum absolute atomic E-state index is 0.131. The Hall–Kier alpha value is -1.64. The maximum Gasteiger partial charge on any atom is 0.226 e. The van der Waals surface area contributed by atoms with Crippen molar-refractivity contribution in [2.75, 3.05) is 39.6 Å². The quantitative estimate of drug-likeness (QED) is 0.770. The van der Waals surface area contributed by atoms with Crippen LogP contribution in [0.3, 0.4) is 0 Å². The van der Waals surface area contributed by atoms with Gasteiger partial charge >= 0.3 is 0 Å². The molecule has 2 saturated heterocycles. The van der Waals surface area contributed by atoms with Gasteiger partial charge < -0.3 is 14.4 Å². The first-order valence-corrected chi connectivity index (χ1v) is 11.7. The van der Waals surface area contributed by atoms with E-state index in [-0.39, 0.29) is 17.4 Å². The molecular formula is C20H30N2O5S. The molecule has 1 N–H and O–H groups in total. The summed E-state index contributed by atoms with van der Waals surface area (Å²) < 4.78 is 36.6. The Bertz CT molecular complexity index is 770. The lowest BCUT2D eigenvalue weighted by Gasteiger charge is -2.46. The molecule has 1 amide bonds. The van der Waals surface area contributed by atoms with Crippen LogP contribution in [0.25, 0.3) is 0 Å². The highest BCUT2D eigenvalue weighted by Gasteiger charge is 2.41. The summed E-state index contributed by atoms with van der Waals surface area (Å²) >= 11 is 0. The molecule has 0 aliphatic carbocycles. The van der Waals surface area contributed by atoms with Crippen molar-refractivity contribution in [3.05, 3.63) is 29.8 Å². The van der Waals surface area contributed by atoms with Crippen LogP contribution in [0, 0.1) is 5.92 Å². The number of hydrogen-bond acceptors (Lipinski definition) is 5. The number of nitrogens with one attached hydrogen (secondary N) is 1. The predicted octanol–water partition coefficient (Wildman–Crippen LogP) is 1.57. The lowest BCUT2D eigenvalue weighted by molar-refractivity contribution is -0.146. The van der Waals surface area contributed by atoms with Gasteiger partial charge in [0.05, 0.1) is 25.4 Å². The monoisotopic (exact) mass is 410 g/mol. The maximum absolute atomic E-state index is 12.6. The van der Waals surface area contributed by atoms with Crippen LogP contribution in [0.4, 0.5) is 0 Å². The number of piperidine rings is 1. The van der Waals surface area contributed by atoms with E-state index in [4.69, 9.17) is 9.47 Å². The summed E-state index contributed by atoms with van der Waals surface area (Å²) in [7, 11) is -1.55. The molecule has 0 aromatic heterocycles. The van der Waals surface area contributed by atoms with E-state index in [1.807, 2.05) is 29.2 Å². The van der Waals surface area contributed by atoms with Gasteiger partial charge in [0.2, 0.25) is 15.9 Å². The zero-order valence-electron chi connectivity index (χ0n) is 16.6. The van der Waals surface area contributed by atoms with E-state index in [9.17, 15) is 13.2 Å². The molecule has 0 saturated carbocycles. The normalized spacial score (nSPS) is 22.2. The van der Waals surface area contributed by atoms with E-state index in [1.54, 1.807) is 7.11 Å². The third-order valence-electron chi connectivity index (χ3n) is 5.77. The third-order valence-corrected chi connectivity index (χ3v) is 6.46. The smallest absolute Gasteiger partial charge is 0.226 e. The number of benzene rings is 1. The van der Waals surface area contributed by atoms with Crippen LogP contribution >= 0.6 is 0 Å². The van der Waals surface area contributed by atoms with Crippen LogP contribution in [-0.2, 0) is 26.0 Å². The van der Waals surface area contributed by atoms with Gasteiger partial charge in [-0.1, -0.05) is 12.1 Å². The molecule has 1 spiro atoms. The number of sulfonamides is 1. The fraction of sp³-hybridized carbons (Fsp3) is 0.650. The highest BCUT2D eigenvalue weighted by atomic mass is 32.2. The van der Waals surface area contributed by atoms with Crippen molar-refractivity contribution in [3.8, 4) is 5.75 Å². The summed E-state index contributed by atoms with van der Waals surface area (Å²) in [5.41, 5.74) is 0.755. The lowest BCUT2D eigenvalue weighted by atomic mass is 9.79. The minimum Gasteiger partial charge on any atom is -0.497 e. The topological polar surface area (TPSA) is 84.9 Å². The number of carbonyl (C=O) groups is 1. The largest absolute Gasteiger partial charge is 0.497 e. The zero-order valence-corrected chi connectivity index (χ0v) is 17.5. The van der Waals surface area contributed by atoms with Gasteiger partial charge in [-0.2, -0.15) is 0 Å². The Morgan fingerprint density at radius 1 is 1.29 bits per heavy atom. The summed E-state index contributed by atoms with van der Waals surface area (Å²) in [6.07, 6.45) is 4.89. The molecule has 2 heterocycles. The number of carbonyl (C=O) groups excluding carboxylic acids is 1. The third kappa shape index (κ3) is 5.68. The Morgan fingerprint density at radius 3 is 2.57 bits per heavy atom. The van der Waals surface area contributed by atoms with Crippen molar-refractivity contribution in [1.29, 1.82) is 0 Å². The van der Waals surface area contributed by atoms with Crippen molar-refractivity contribution < 1.29 is 22.7 Å². The van der Waals surface area contributed by atoms with Crippen LogP contribution in [0.1, 0.15) is 31.2 Å². The first kappa shape index (κ1) is 21.1.